The fourth-order valence-corrected chi connectivity index (χ4v) is 3.85. The van der Waals surface area contributed by atoms with Crippen LogP contribution in [0.4, 0.5) is 0 Å². The zero-order valence-corrected chi connectivity index (χ0v) is 12.5. The van der Waals surface area contributed by atoms with E-state index >= 15 is 0 Å². The molecule has 2 saturated carbocycles. The first-order chi connectivity index (χ1) is 8.72. The molecule has 3 atom stereocenters. The Kier molecular flexibility index (Phi) is 5.08. The van der Waals surface area contributed by atoms with Crippen LogP contribution in [0.25, 0.3) is 0 Å². The topological polar surface area (TPSA) is 21.3 Å². The van der Waals surface area contributed by atoms with E-state index < -0.39 is 0 Å². The summed E-state index contributed by atoms with van der Waals surface area (Å²) < 4.78 is 6.34. The Bertz CT molecular complexity index is 247. The molecule has 106 valence electrons. The predicted molar refractivity (Wildman–Crippen MR) is 76.8 cm³/mol. The van der Waals surface area contributed by atoms with Crippen LogP contribution in [0.1, 0.15) is 65.7 Å². The van der Waals surface area contributed by atoms with Crippen LogP contribution in [0.15, 0.2) is 0 Å². The van der Waals surface area contributed by atoms with Gasteiger partial charge in [0.15, 0.2) is 0 Å². The molecular formula is C16H31NO. The normalized spacial score (nSPS) is 34.5. The molecule has 0 amide bonds. The van der Waals surface area contributed by atoms with Gasteiger partial charge in [0.2, 0.25) is 0 Å². The highest BCUT2D eigenvalue weighted by Crippen LogP contribution is 2.46. The number of hydrogen-bond acceptors (Lipinski definition) is 2. The van der Waals surface area contributed by atoms with E-state index in [2.05, 4.69) is 26.1 Å². The van der Waals surface area contributed by atoms with Crippen molar-refractivity contribution in [3.05, 3.63) is 0 Å². The quantitative estimate of drug-likeness (QED) is 0.746. The van der Waals surface area contributed by atoms with Crippen molar-refractivity contribution in [3.63, 3.8) is 0 Å². The molecule has 0 heterocycles. The number of nitrogens with one attached hydrogen (secondary N) is 1. The van der Waals surface area contributed by atoms with Gasteiger partial charge in [0.25, 0.3) is 0 Å². The second-order valence-electron chi connectivity index (χ2n) is 6.47. The Balaban J connectivity index is 2.08. The Morgan fingerprint density at radius 3 is 2.61 bits per heavy atom. The first-order valence-electron chi connectivity index (χ1n) is 8.09. The smallest absolute Gasteiger partial charge is 0.0839 e. The molecule has 2 rings (SSSR count). The van der Waals surface area contributed by atoms with E-state index in [1.165, 1.54) is 44.9 Å². The number of ether oxygens (including phenoxy) is 1. The predicted octanol–water partition coefficient (Wildman–Crippen LogP) is 3.75. The molecule has 1 N–H and O–H groups in total. The van der Waals surface area contributed by atoms with E-state index in [0.29, 0.717) is 6.04 Å². The second-order valence-corrected chi connectivity index (χ2v) is 6.47. The van der Waals surface area contributed by atoms with E-state index in [1.54, 1.807) is 0 Å². The average molecular weight is 253 g/mol. The summed E-state index contributed by atoms with van der Waals surface area (Å²) in [5.74, 6) is 1.71. The molecule has 0 aromatic rings. The van der Waals surface area contributed by atoms with E-state index in [0.717, 1.165) is 25.0 Å². The maximum atomic E-state index is 6.34. The highest BCUT2D eigenvalue weighted by molar-refractivity contribution is 5.03. The minimum atomic E-state index is 0.142. The largest absolute Gasteiger partial charge is 0.374 e. The van der Waals surface area contributed by atoms with Gasteiger partial charge in [-0.3, -0.25) is 0 Å². The summed E-state index contributed by atoms with van der Waals surface area (Å²) in [6, 6.07) is 0.611. The van der Waals surface area contributed by atoms with Crippen LogP contribution in [0, 0.1) is 11.8 Å². The molecule has 2 nitrogen and oxygen atoms in total. The molecule has 0 bridgehead atoms. The fourth-order valence-electron chi connectivity index (χ4n) is 3.85. The molecule has 0 aromatic carbocycles. The lowest BCUT2D eigenvalue weighted by Gasteiger charge is -2.46. The van der Waals surface area contributed by atoms with Gasteiger partial charge < -0.3 is 10.1 Å². The van der Waals surface area contributed by atoms with Crippen molar-refractivity contribution in [1.82, 2.24) is 5.32 Å². The van der Waals surface area contributed by atoms with Gasteiger partial charge in [-0.05, 0) is 57.4 Å². The molecule has 2 heteroatoms. The molecule has 2 fully saturated rings. The van der Waals surface area contributed by atoms with Gasteiger partial charge >= 0.3 is 0 Å². The van der Waals surface area contributed by atoms with Gasteiger partial charge in [-0.25, -0.2) is 0 Å². The summed E-state index contributed by atoms with van der Waals surface area (Å²) in [5, 5.41) is 3.82. The third kappa shape index (κ3) is 3.27. The first kappa shape index (κ1) is 14.3. The zero-order valence-electron chi connectivity index (χ0n) is 12.5. The monoisotopic (exact) mass is 253 g/mol. The molecule has 0 radical (unpaired) electrons. The maximum absolute atomic E-state index is 6.34. The molecule has 0 aliphatic heterocycles. The van der Waals surface area contributed by atoms with Crippen LogP contribution in [-0.2, 0) is 4.74 Å². The molecule has 18 heavy (non-hydrogen) atoms. The van der Waals surface area contributed by atoms with Crippen LogP contribution < -0.4 is 5.32 Å². The van der Waals surface area contributed by atoms with Crippen LogP contribution in [0.3, 0.4) is 0 Å². The van der Waals surface area contributed by atoms with Crippen molar-refractivity contribution < 1.29 is 4.74 Å². The Labute approximate surface area is 113 Å². The first-order valence-corrected chi connectivity index (χ1v) is 8.09. The van der Waals surface area contributed by atoms with Gasteiger partial charge in [0, 0.05) is 12.6 Å². The highest BCUT2D eigenvalue weighted by atomic mass is 16.5. The molecular weight excluding hydrogens is 222 g/mol. The maximum Gasteiger partial charge on any atom is 0.0839 e. The second kappa shape index (κ2) is 6.38. The van der Waals surface area contributed by atoms with E-state index in [9.17, 15) is 0 Å². The summed E-state index contributed by atoms with van der Waals surface area (Å²) in [5.41, 5.74) is 0.142. The standard InChI is InChI=1S/C16H31NO/c1-4-11-17-15(14-8-9-14)16(18-5-2)10-6-7-13(3)12-16/h13-15,17H,4-12H2,1-3H3. The lowest BCUT2D eigenvalue weighted by atomic mass is 9.73. The third-order valence-electron chi connectivity index (χ3n) is 4.70. The summed E-state index contributed by atoms with van der Waals surface area (Å²) in [6.07, 6.45) is 9.30. The van der Waals surface area contributed by atoms with Gasteiger partial charge in [-0.1, -0.05) is 26.7 Å². The minimum absolute atomic E-state index is 0.142. The minimum Gasteiger partial charge on any atom is -0.374 e. The lowest BCUT2D eigenvalue weighted by molar-refractivity contribution is -0.105. The molecule has 2 aliphatic rings. The van der Waals surface area contributed by atoms with Gasteiger partial charge in [-0.15, -0.1) is 0 Å². The van der Waals surface area contributed by atoms with Crippen LogP contribution in [0.2, 0.25) is 0 Å². The van der Waals surface area contributed by atoms with Gasteiger partial charge in [0.1, 0.15) is 0 Å². The number of rotatable bonds is 7. The third-order valence-corrected chi connectivity index (χ3v) is 4.70. The highest BCUT2D eigenvalue weighted by Gasteiger charge is 2.48. The van der Waals surface area contributed by atoms with Crippen molar-refractivity contribution in [1.29, 1.82) is 0 Å². The van der Waals surface area contributed by atoms with Crippen molar-refractivity contribution in [2.24, 2.45) is 11.8 Å². The Morgan fingerprint density at radius 1 is 1.28 bits per heavy atom. The van der Waals surface area contributed by atoms with Crippen molar-refractivity contribution in [3.8, 4) is 0 Å². The summed E-state index contributed by atoms with van der Waals surface area (Å²) in [4.78, 5) is 0. The summed E-state index contributed by atoms with van der Waals surface area (Å²) in [7, 11) is 0. The molecule has 2 aliphatic carbocycles. The Hall–Kier alpha value is -0.0800. The van der Waals surface area contributed by atoms with Crippen molar-refractivity contribution >= 4 is 0 Å². The van der Waals surface area contributed by atoms with Crippen molar-refractivity contribution in [2.75, 3.05) is 13.2 Å². The molecule has 0 spiro atoms. The lowest BCUT2D eigenvalue weighted by Crippen LogP contribution is -2.56. The summed E-state index contributed by atoms with van der Waals surface area (Å²) in [6.45, 7) is 8.82. The van der Waals surface area contributed by atoms with E-state index in [-0.39, 0.29) is 5.60 Å². The van der Waals surface area contributed by atoms with Crippen LogP contribution in [0.5, 0.6) is 0 Å². The summed E-state index contributed by atoms with van der Waals surface area (Å²) >= 11 is 0. The molecule has 3 unspecified atom stereocenters. The van der Waals surface area contributed by atoms with Crippen LogP contribution >= 0.6 is 0 Å². The van der Waals surface area contributed by atoms with E-state index in [1.807, 2.05) is 0 Å². The molecule has 0 saturated heterocycles. The molecule has 0 aromatic heterocycles. The average Bonchev–Trinajstić information content (AvgIpc) is 3.14. The van der Waals surface area contributed by atoms with Gasteiger partial charge in [-0.2, -0.15) is 0 Å². The SMILES string of the molecule is CCCNC(C1CC1)C1(OCC)CCCC(C)C1. The van der Waals surface area contributed by atoms with E-state index in [4.69, 9.17) is 4.74 Å². The van der Waals surface area contributed by atoms with Crippen LogP contribution in [-0.4, -0.2) is 24.8 Å². The Morgan fingerprint density at radius 2 is 2.06 bits per heavy atom. The number of hydrogen-bond donors (Lipinski definition) is 1. The van der Waals surface area contributed by atoms with Gasteiger partial charge in [0.05, 0.1) is 5.60 Å². The van der Waals surface area contributed by atoms with Crippen molar-refractivity contribution in [2.45, 2.75) is 77.4 Å². The fraction of sp³-hybridized carbons (Fsp3) is 1.00. The zero-order chi connectivity index (χ0) is 13.0.